The maximum atomic E-state index is 14.2. The summed E-state index contributed by atoms with van der Waals surface area (Å²) in [5.41, 5.74) is 1.89. The Bertz CT molecular complexity index is 614. The quantitative estimate of drug-likeness (QED) is 0.808. The molecule has 0 amide bonds. The Hall–Kier alpha value is -1.94. The molecule has 2 rings (SSSR count). The summed E-state index contributed by atoms with van der Waals surface area (Å²) in [6.07, 6.45) is 0.988. The van der Waals surface area contributed by atoms with Crippen LogP contribution in [0.4, 0.5) is 8.78 Å². The molecule has 0 aliphatic heterocycles. The van der Waals surface area contributed by atoms with Crippen LogP contribution >= 0.6 is 0 Å². The Balaban J connectivity index is 2.38. The maximum Gasteiger partial charge on any atom is 0.134 e. The van der Waals surface area contributed by atoms with Crippen LogP contribution in [0.25, 0.3) is 11.1 Å². The van der Waals surface area contributed by atoms with Crippen LogP contribution < -0.4 is 10.1 Å². The highest BCUT2D eigenvalue weighted by Gasteiger charge is 2.11. The first-order valence-electron chi connectivity index (χ1n) is 6.98. The molecule has 2 aromatic carbocycles. The highest BCUT2D eigenvalue weighted by Crippen LogP contribution is 2.29. The number of nitrogens with one attached hydrogen (secondary N) is 1. The van der Waals surface area contributed by atoms with E-state index in [-0.39, 0.29) is 11.6 Å². The van der Waals surface area contributed by atoms with Crippen molar-refractivity contribution in [2.75, 3.05) is 13.7 Å². The second kappa shape index (κ2) is 7.18. The first-order chi connectivity index (χ1) is 10.2. The topological polar surface area (TPSA) is 21.3 Å². The van der Waals surface area contributed by atoms with E-state index < -0.39 is 0 Å². The summed E-state index contributed by atoms with van der Waals surface area (Å²) in [6.45, 7) is 3.40. The van der Waals surface area contributed by atoms with Crippen molar-refractivity contribution >= 4 is 0 Å². The number of hydrogen-bond acceptors (Lipinski definition) is 2. The van der Waals surface area contributed by atoms with Gasteiger partial charge in [0.1, 0.15) is 17.4 Å². The third-order valence-corrected chi connectivity index (χ3v) is 3.28. The lowest BCUT2D eigenvalue weighted by molar-refractivity contribution is 0.411. The second-order valence-corrected chi connectivity index (χ2v) is 4.82. The molecule has 0 spiro atoms. The number of halogens is 2. The van der Waals surface area contributed by atoms with E-state index in [2.05, 4.69) is 12.2 Å². The highest BCUT2D eigenvalue weighted by molar-refractivity contribution is 5.68. The summed E-state index contributed by atoms with van der Waals surface area (Å²) < 4.78 is 32.6. The van der Waals surface area contributed by atoms with Crippen LogP contribution in [0.2, 0.25) is 0 Å². The smallest absolute Gasteiger partial charge is 0.134 e. The van der Waals surface area contributed by atoms with E-state index in [9.17, 15) is 8.78 Å². The molecule has 0 atom stereocenters. The molecule has 0 heterocycles. The number of ether oxygens (including phenoxy) is 1. The Labute approximate surface area is 123 Å². The van der Waals surface area contributed by atoms with Gasteiger partial charge in [-0.2, -0.15) is 0 Å². The fourth-order valence-electron chi connectivity index (χ4n) is 2.21. The van der Waals surface area contributed by atoms with Crippen LogP contribution in [0.15, 0.2) is 36.4 Å². The van der Waals surface area contributed by atoms with Gasteiger partial charge in [0.25, 0.3) is 0 Å². The Kier molecular flexibility index (Phi) is 5.28. The zero-order chi connectivity index (χ0) is 15.2. The van der Waals surface area contributed by atoms with Crippen molar-refractivity contribution in [3.63, 3.8) is 0 Å². The molecule has 112 valence electrons. The number of methoxy groups -OCH3 is 1. The van der Waals surface area contributed by atoms with Gasteiger partial charge in [-0.25, -0.2) is 8.78 Å². The number of rotatable bonds is 6. The van der Waals surface area contributed by atoms with Crippen LogP contribution in [-0.4, -0.2) is 13.7 Å². The fraction of sp³-hybridized carbons (Fsp3) is 0.294. The van der Waals surface area contributed by atoms with Crippen molar-refractivity contribution in [1.29, 1.82) is 0 Å². The molecular weight excluding hydrogens is 272 g/mol. The molecule has 2 nitrogen and oxygen atoms in total. The summed E-state index contributed by atoms with van der Waals surface area (Å²) in [6, 6.07) is 9.10. The summed E-state index contributed by atoms with van der Waals surface area (Å²) in [7, 11) is 1.49. The van der Waals surface area contributed by atoms with Crippen molar-refractivity contribution in [2.45, 2.75) is 19.9 Å². The standard InChI is InChI=1S/C17H19F2NO/c1-3-8-20-11-12-9-13(18)4-6-15(12)16-7-5-14(21-2)10-17(16)19/h4-7,9-10,20H,3,8,11H2,1-2H3. The molecule has 4 heteroatoms. The lowest BCUT2D eigenvalue weighted by Gasteiger charge is -2.12. The Morgan fingerprint density at radius 3 is 2.48 bits per heavy atom. The van der Waals surface area contributed by atoms with Crippen molar-refractivity contribution in [2.24, 2.45) is 0 Å². The molecule has 0 fully saturated rings. The van der Waals surface area contributed by atoms with Gasteiger partial charge in [-0.3, -0.25) is 0 Å². The van der Waals surface area contributed by atoms with Crippen molar-refractivity contribution in [3.05, 3.63) is 53.6 Å². The molecule has 2 aromatic rings. The molecule has 0 aliphatic rings. The molecule has 0 aliphatic carbocycles. The Morgan fingerprint density at radius 2 is 1.81 bits per heavy atom. The Morgan fingerprint density at radius 1 is 1.05 bits per heavy atom. The zero-order valence-electron chi connectivity index (χ0n) is 12.2. The molecule has 0 radical (unpaired) electrons. The fourth-order valence-corrected chi connectivity index (χ4v) is 2.21. The zero-order valence-corrected chi connectivity index (χ0v) is 12.2. The minimum atomic E-state index is -0.377. The summed E-state index contributed by atoms with van der Waals surface area (Å²) in [5.74, 6) is -0.234. The number of hydrogen-bond donors (Lipinski definition) is 1. The van der Waals surface area contributed by atoms with Crippen LogP contribution in [0.3, 0.4) is 0 Å². The van der Waals surface area contributed by atoms with Crippen LogP contribution in [-0.2, 0) is 6.54 Å². The summed E-state index contributed by atoms with van der Waals surface area (Å²) in [5, 5.41) is 3.22. The number of benzene rings is 2. The van der Waals surface area contributed by atoms with Crippen LogP contribution in [0, 0.1) is 11.6 Å². The predicted molar refractivity (Wildman–Crippen MR) is 80.3 cm³/mol. The second-order valence-electron chi connectivity index (χ2n) is 4.82. The van der Waals surface area contributed by atoms with Gasteiger partial charge in [0.15, 0.2) is 0 Å². The van der Waals surface area contributed by atoms with E-state index in [0.29, 0.717) is 23.4 Å². The average Bonchev–Trinajstić information content (AvgIpc) is 2.48. The van der Waals surface area contributed by atoms with Gasteiger partial charge in [0.2, 0.25) is 0 Å². The average molecular weight is 291 g/mol. The van der Waals surface area contributed by atoms with Gasteiger partial charge < -0.3 is 10.1 Å². The van der Waals surface area contributed by atoms with E-state index in [1.165, 1.54) is 25.3 Å². The largest absolute Gasteiger partial charge is 0.497 e. The SMILES string of the molecule is CCCNCc1cc(F)ccc1-c1ccc(OC)cc1F. The molecular formula is C17H19F2NO. The molecule has 0 unspecified atom stereocenters. The highest BCUT2D eigenvalue weighted by atomic mass is 19.1. The van der Waals surface area contributed by atoms with Gasteiger partial charge >= 0.3 is 0 Å². The molecule has 0 saturated carbocycles. The van der Waals surface area contributed by atoms with Crippen molar-refractivity contribution in [1.82, 2.24) is 5.32 Å². The van der Waals surface area contributed by atoms with Gasteiger partial charge in [0, 0.05) is 18.2 Å². The van der Waals surface area contributed by atoms with Gasteiger partial charge in [-0.05, 0) is 48.4 Å². The third kappa shape index (κ3) is 3.79. The van der Waals surface area contributed by atoms with Crippen LogP contribution in [0.5, 0.6) is 5.75 Å². The molecule has 21 heavy (non-hydrogen) atoms. The van der Waals surface area contributed by atoms with Crippen LogP contribution in [0.1, 0.15) is 18.9 Å². The summed E-state index contributed by atoms with van der Waals surface area (Å²) in [4.78, 5) is 0. The first kappa shape index (κ1) is 15.4. The maximum absolute atomic E-state index is 14.2. The minimum Gasteiger partial charge on any atom is -0.497 e. The monoisotopic (exact) mass is 291 g/mol. The van der Waals surface area contributed by atoms with E-state index >= 15 is 0 Å². The lowest BCUT2D eigenvalue weighted by Crippen LogP contribution is -2.14. The van der Waals surface area contributed by atoms with E-state index in [1.807, 2.05) is 0 Å². The van der Waals surface area contributed by atoms with E-state index in [4.69, 9.17) is 4.74 Å². The normalized spacial score (nSPS) is 10.7. The first-order valence-corrected chi connectivity index (χ1v) is 6.98. The molecule has 0 aromatic heterocycles. The summed E-state index contributed by atoms with van der Waals surface area (Å²) >= 11 is 0. The van der Waals surface area contributed by atoms with Crippen molar-refractivity contribution < 1.29 is 13.5 Å². The van der Waals surface area contributed by atoms with Crippen molar-refractivity contribution in [3.8, 4) is 16.9 Å². The lowest BCUT2D eigenvalue weighted by atomic mass is 9.98. The van der Waals surface area contributed by atoms with Gasteiger partial charge in [-0.15, -0.1) is 0 Å². The van der Waals surface area contributed by atoms with E-state index in [1.54, 1.807) is 18.2 Å². The molecule has 1 N–H and O–H groups in total. The van der Waals surface area contributed by atoms with Gasteiger partial charge in [0.05, 0.1) is 7.11 Å². The van der Waals surface area contributed by atoms with Gasteiger partial charge in [-0.1, -0.05) is 13.0 Å². The predicted octanol–water partition coefficient (Wildman–Crippen LogP) is 4.14. The molecule has 0 saturated heterocycles. The van der Waals surface area contributed by atoms with E-state index in [0.717, 1.165) is 18.5 Å². The minimum absolute atomic E-state index is 0.319. The molecule has 0 bridgehead atoms. The third-order valence-electron chi connectivity index (χ3n) is 3.28.